The summed E-state index contributed by atoms with van der Waals surface area (Å²) in [6, 6.07) is 6.65. The van der Waals surface area contributed by atoms with Crippen molar-refractivity contribution in [3.05, 3.63) is 60.0 Å². The average Bonchev–Trinajstić information content (AvgIpc) is 2.86. The number of sulfonamides is 1. The summed E-state index contributed by atoms with van der Waals surface area (Å²) in [5.41, 5.74) is 1.98. The van der Waals surface area contributed by atoms with Crippen molar-refractivity contribution in [3.8, 4) is 0 Å². The third kappa shape index (κ3) is 8.01. The van der Waals surface area contributed by atoms with Crippen LogP contribution in [0.15, 0.2) is 59.3 Å². The van der Waals surface area contributed by atoms with E-state index in [1.165, 1.54) is 0 Å². The maximum Gasteiger partial charge on any atom is 0.317 e. The smallest absolute Gasteiger partial charge is 0.317 e. The molecule has 2 aliphatic rings. The third-order valence-corrected chi connectivity index (χ3v) is 8.07. The molecule has 2 heterocycles. The monoisotopic (exact) mass is 555 g/mol. The van der Waals surface area contributed by atoms with E-state index in [-0.39, 0.29) is 17.5 Å². The lowest BCUT2D eigenvalue weighted by molar-refractivity contribution is -0.138. The molecule has 12 heteroatoms. The van der Waals surface area contributed by atoms with Crippen molar-refractivity contribution in [1.29, 1.82) is 0 Å². The van der Waals surface area contributed by atoms with Gasteiger partial charge in [0.15, 0.2) is 0 Å². The molecular weight excluding hydrogens is 518 g/mol. The van der Waals surface area contributed by atoms with Gasteiger partial charge in [0.1, 0.15) is 5.82 Å². The predicted molar refractivity (Wildman–Crippen MR) is 151 cm³/mol. The fourth-order valence-electron chi connectivity index (χ4n) is 4.45. The minimum atomic E-state index is -3.67. The maximum absolute atomic E-state index is 12.8. The number of carbonyl (C=O) groups is 1. The molecule has 1 aliphatic heterocycles. The van der Waals surface area contributed by atoms with Crippen LogP contribution in [0.5, 0.6) is 0 Å². The fourth-order valence-corrected chi connectivity index (χ4v) is 5.91. The molecule has 0 amide bonds. The standard InChI is InChI=1S/C27H37N7O4S/c1-19-17-28-26(30-20-8-10-22(11-9-20)34-14-12-33(13-15-34)18-24(35)36)31-25(19)29-21-6-5-7-23(16-21)39(37,38)32-27(2,3)4/h5-8,10-11,16-17,20,32H,9,12-15,18H2,1-4H3,(H,35,36)(H2,28,29,30,31). The molecule has 4 N–H and O–H groups in total. The summed E-state index contributed by atoms with van der Waals surface area (Å²) < 4.78 is 28.2. The number of nitrogens with one attached hydrogen (secondary N) is 3. The summed E-state index contributed by atoms with van der Waals surface area (Å²) in [6.45, 7) is 10.4. The zero-order valence-electron chi connectivity index (χ0n) is 22.8. The molecule has 39 heavy (non-hydrogen) atoms. The summed E-state index contributed by atoms with van der Waals surface area (Å²) in [7, 11) is -3.67. The number of aliphatic carboxylic acids is 1. The van der Waals surface area contributed by atoms with Crippen molar-refractivity contribution >= 4 is 33.4 Å². The number of allylic oxidation sites excluding steroid dienone is 1. The molecule has 1 fully saturated rings. The van der Waals surface area contributed by atoms with Crippen LogP contribution >= 0.6 is 0 Å². The Bertz CT molecular complexity index is 1360. The number of aryl methyl sites for hydroxylation is 1. The van der Waals surface area contributed by atoms with Crippen LogP contribution in [0.1, 0.15) is 32.8 Å². The lowest BCUT2D eigenvalue weighted by atomic mass is 10.1. The minimum Gasteiger partial charge on any atom is -0.480 e. The molecule has 210 valence electrons. The first-order valence-electron chi connectivity index (χ1n) is 13.0. The molecule has 0 spiro atoms. The first-order chi connectivity index (χ1) is 18.4. The zero-order chi connectivity index (χ0) is 28.2. The number of hydrogen-bond donors (Lipinski definition) is 4. The molecule has 1 unspecified atom stereocenters. The highest BCUT2D eigenvalue weighted by Gasteiger charge is 2.23. The Morgan fingerprint density at radius 2 is 1.92 bits per heavy atom. The molecule has 1 aromatic carbocycles. The van der Waals surface area contributed by atoms with Gasteiger partial charge in [0, 0.05) is 54.9 Å². The quantitative estimate of drug-likeness (QED) is 0.365. The van der Waals surface area contributed by atoms with Gasteiger partial charge in [-0.2, -0.15) is 4.98 Å². The van der Waals surface area contributed by atoms with Crippen molar-refractivity contribution < 1.29 is 18.3 Å². The van der Waals surface area contributed by atoms with E-state index in [4.69, 9.17) is 5.11 Å². The molecule has 0 bridgehead atoms. The van der Waals surface area contributed by atoms with Crippen LogP contribution in [0.4, 0.5) is 17.5 Å². The van der Waals surface area contributed by atoms with E-state index in [1.807, 2.05) is 11.8 Å². The van der Waals surface area contributed by atoms with Crippen LogP contribution in [0, 0.1) is 6.92 Å². The molecule has 2 aromatic rings. The molecule has 0 saturated carbocycles. The molecule has 1 saturated heterocycles. The van der Waals surface area contributed by atoms with Crippen LogP contribution in [0.25, 0.3) is 0 Å². The molecule has 0 radical (unpaired) electrons. The highest BCUT2D eigenvalue weighted by molar-refractivity contribution is 7.89. The van der Waals surface area contributed by atoms with Gasteiger partial charge in [-0.05, 0) is 58.4 Å². The second-order valence-corrected chi connectivity index (χ2v) is 12.5. The largest absolute Gasteiger partial charge is 0.480 e. The maximum atomic E-state index is 12.8. The van der Waals surface area contributed by atoms with E-state index in [2.05, 4.69) is 48.5 Å². The molecule has 1 atom stereocenters. The topological polar surface area (TPSA) is 140 Å². The lowest BCUT2D eigenvalue weighted by Crippen LogP contribution is -2.47. The number of rotatable bonds is 9. The number of piperazine rings is 1. The van der Waals surface area contributed by atoms with Crippen LogP contribution < -0.4 is 15.4 Å². The summed E-state index contributed by atoms with van der Waals surface area (Å²) in [5, 5.41) is 15.6. The summed E-state index contributed by atoms with van der Waals surface area (Å²) in [4.78, 5) is 24.4. The fraction of sp³-hybridized carbons (Fsp3) is 0.444. The third-order valence-electron chi connectivity index (χ3n) is 6.31. The number of hydrogen-bond acceptors (Lipinski definition) is 9. The molecule has 1 aromatic heterocycles. The van der Waals surface area contributed by atoms with Gasteiger partial charge in [-0.15, -0.1) is 0 Å². The minimum absolute atomic E-state index is 0.0227. The van der Waals surface area contributed by atoms with E-state index in [0.717, 1.165) is 43.9 Å². The van der Waals surface area contributed by atoms with Crippen LogP contribution in [0.3, 0.4) is 0 Å². The van der Waals surface area contributed by atoms with Crippen molar-refractivity contribution in [2.75, 3.05) is 43.4 Å². The van der Waals surface area contributed by atoms with E-state index in [1.54, 1.807) is 51.2 Å². The molecule has 1 aliphatic carbocycles. The number of carboxylic acid groups (broad SMARTS) is 1. The molecule has 4 rings (SSSR count). The summed E-state index contributed by atoms with van der Waals surface area (Å²) in [5.74, 6) is 0.261. The highest BCUT2D eigenvalue weighted by atomic mass is 32.2. The Morgan fingerprint density at radius 3 is 2.56 bits per heavy atom. The zero-order valence-corrected chi connectivity index (χ0v) is 23.6. The second-order valence-electron chi connectivity index (χ2n) is 10.9. The summed E-state index contributed by atoms with van der Waals surface area (Å²) >= 11 is 0. The van der Waals surface area contributed by atoms with E-state index >= 15 is 0 Å². The normalized spacial score (nSPS) is 18.5. The Morgan fingerprint density at radius 1 is 1.18 bits per heavy atom. The Kier molecular flexibility index (Phi) is 8.57. The van der Waals surface area contributed by atoms with Gasteiger partial charge in [0.05, 0.1) is 17.5 Å². The molecule has 11 nitrogen and oxygen atoms in total. The number of aromatic nitrogens is 2. The van der Waals surface area contributed by atoms with Gasteiger partial charge in [0.2, 0.25) is 16.0 Å². The van der Waals surface area contributed by atoms with Gasteiger partial charge < -0.3 is 20.6 Å². The van der Waals surface area contributed by atoms with Gasteiger partial charge in [-0.1, -0.05) is 18.2 Å². The highest BCUT2D eigenvalue weighted by Crippen LogP contribution is 2.24. The van der Waals surface area contributed by atoms with Gasteiger partial charge >= 0.3 is 5.97 Å². The number of benzene rings is 1. The van der Waals surface area contributed by atoms with Crippen molar-refractivity contribution in [3.63, 3.8) is 0 Å². The van der Waals surface area contributed by atoms with Gasteiger partial charge in [-0.3, -0.25) is 9.69 Å². The number of carboxylic acids is 1. The number of nitrogens with zero attached hydrogens (tertiary/aromatic N) is 4. The van der Waals surface area contributed by atoms with Crippen LogP contribution in [-0.4, -0.2) is 83.6 Å². The lowest BCUT2D eigenvalue weighted by Gasteiger charge is -2.36. The van der Waals surface area contributed by atoms with E-state index in [0.29, 0.717) is 17.5 Å². The first kappa shape index (κ1) is 28.5. The Hall–Kier alpha value is -3.48. The van der Waals surface area contributed by atoms with E-state index in [9.17, 15) is 13.2 Å². The average molecular weight is 556 g/mol. The van der Waals surface area contributed by atoms with Crippen molar-refractivity contribution in [2.45, 2.75) is 50.6 Å². The van der Waals surface area contributed by atoms with Gasteiger partial charge in [0.25, 0.3) is 0 Å². The summed E-state index contributed by atoms with van der Waals surface area (Å²) in [6.07, 6.45) is 8.84. The second kappa shape index (κ2) is 11.7. The Labute approximate surface area is 230 Å². The van der Waals surface area contributed by atoms with Crippen LogP contribution in [-0.2, 0) is 14.8 Å². The van der Waals surface area contributed by atoms with Crippen LogP contribution in [0.2, 0.25) is 0 Å². The predicted octanol–water partition coefficient (Wildman–Crippen LogP) is 2.93. The SMILES string of the molecule is Cc1cnc(NC2C=CC(N3CCN(CC(=O)O)CC3)=CC2)nc1Nc1cccc(S(=O)(=O)NC(C)(C)C)c1. The first-order valence-corrected chi connectivity index (χ1v) is 14.4. The Balaban J connectivity index is 1.37. The number of anilines is 3. The van der Waals surface area contributed by atoms with Crippen molar-refractivity contribution in [2.24, 2.45) is 0 Å². The van der Waals surface area contributed by atoms with Gasteiger partial charge in [-0.25, -0.2) is 18.1 Å². The van der Waals surface area contributed by atoms with E-state index < -0.39 is 21.5 Å². The van der Waals surface area contributed by atoms with Crippen molar-refractivity contribution in [1.82, 2.24) is 24.5 Å². The molecular formula is C27H37N7O4S.